The number of halogens is 4. The molecule has 0 saturated carbocycles. The van der Waals surface area contributed by atoms with Crippen LogP contribution in [0.1, 0.15) is 21.5 Å². The molecular formula is C25H17Cl4N3O3. The Kier molecular flexibility index (Phi) is 7.10. The molecule has 1 aliphatic heterocycles. The van der Waals surface area contributed by atoms with Crippen LogP contribution >= 0.6 is 46.4 Å². The standard InChI is InChI=1S/C25H17Cl4N3O3/c1-12-6-7-13(2)19(8-12)31-23(33)14-4-3-5-15(9-14)30-22-21(29)24(34)32(25(22)35)20-11-17(27)16(26)10-18(20)28/h3-11,30H,1-2H3,(H,31,33). The number of carbonyl (C=O) groups is 3. The van der Waals surface area contributed by atoms with E-state index in [9.17, 15) is 14.4 Å². The molecule has 4 rings (SSSR count). The predicted molar refractivity (Wildman–Crippen MR) is 141 cm³/mol. The van der Waals surface area contributed by atoms with E-state index in [0.29, 0.717) is 16.9 Å². The molecule has 0 bridgehead atoms. The molecule has 2 N–H and O–H groups in total. The first-order valence-electron chi connectivity index (χ1n) is 10.3. The molecule has 0 atom stereocenters. The first-order valence-corrected chi connectivity index (χ1v) is 11.8. The molecule has 10 heteroatoms. The van der Waals surface area contributed by atoms with Crippen LogP contribution in [-0.2, 0) is 9.59 Å². The van der Waals surface area contributed by atoms with Crippen molar-refractivity contribution in [2.75, 3.05) is 15.5 Å². The molecule has 0 radical (unpaired) electrons. The molecular weight excluding hydrogens is 532 g/mol. The molecule has 0 aromatic heterocycles. The maximum atomic E-state index is 13.1. The van der Waals surface area contributed by atoms with Crippen molar-refractivity contribution in [1.29, 1.82) is 0 Å². The van der Waals surface area contributed by atoms with Gasteiger partial charge in [0.15, 0.2) is 0 Å². The first-order chi connectivity index (χ1) is 16.6. The number of aryl methyl sites for hydroxylation is 2. The monoisotopic (exact) mass is 547 g/mol. The summed E-state index contributed by atoms with van der Waals surface area (Å²) in [6.07, 6.45) is 0. The van der Waals surface area contributed by atoms with Gasteiger partial charge in [-0.1, -0.05) is 64.6 Å². The summed E-state index contributed by atoms with van der Waals surface area (Å²) in [7, 11) is 0. The minimum atomic E-state index is -0.775. The van der Waals surface area contributed by atoms with E-state index in [1.807, 2.05) is 32.0 Å². The highest BCUT2D eigenvalue weighted by Crippen LogP contribution is 2.38. The Balaban J connectivity index is 1.58. The second kappa shape index (κ2) is 9.91. The van der Waals surface area contributed by atoms with Gasteiger partial charge in [0.25, 0.3) is 17.7 Å². The highest BCUT2D eigenvalue weighted by atomic mass is 35.5. The second-order valence-electron chi connectivity index (χ2n) is 7.83. The molecule has 1 aliphatic rings. The van der Waals surface area contributed by atoms with E-state index < -0.39 is 11.8 Å². The third-order valence-corrected chi connectivity index (χ3v) is 6.67. The van der Waals surface area contributed by atoms with E-state index in [-0.39, 0.29) is 37.4 Å². The van der Waals surface area contributed by atoms with Gasteiger partial charge in [0.2, 0.25) is 0 Å². The van der Waals surface area contributed by atoms with Crippen LogP contribution in [0.3, 0.4) is 0 Å². The van der Waals surface area contributed by atoms with Crippen molar-refractivity contribution in [1.82, 2.24) is 0 Å². The van der Waals surface area contributed by atoms with Gasteiger partial charge in [0.1, 0.15) is 10.7 Å². The Bertz CT molecular complexity index is 1440. The van der Waals surface area contributed by atoms with Crippen LogP contribution in [0.15, 0.2) is 65.3 Å². The normalized spacial score (nSPS) is 13.5. The lowest BCUT2D eigenvalue weighted by Gasteiger charge is -2.17. The van der Waals surface area contributed by atoms with Gasteiger partial charge < -0.3 is 10.6 Å². The van der Waals surface area contributed by atoms with Gasteiger partial charge in [0, 0.05) is 16.9 Å². The molecule has 6 nitrogen and oxygen atoms in total. The van der Waals surface area contributed by atoms with Crippen molar-refractivity contribution < 1.29 is 14.4 Å². The summed E-state index contributed by atoms with van der Waals surface area (Å²) in [6.45, 7) is 3.83. The summed E-state index contributed by atoms with van der Waals surface area (Å²) in [4.78, 5) is 39.5. The average Bonchev–Trinajstić information content (AvgIpc) is 3.02. The fourth-order valence-electron chi connectivity index (χ4n) is 3.46. The zero-order chi connectivity index (χ0) is 25.4. The first kappa shape index (κ1) is 25.1. The molecule has 0 unspecified atom stereocenters. The molecule has 3 aromatic carbocycles. The van der Waals surface area contributed by atoms with Crippen molar-refractivity contribution >= 4 is 81.2 Å². The van der Waals surface area contributed by atoms with Crippen LogP contribution in [0.25, 0.3) is 0 Å². The van der Waals surface area contributed by atoms with Crippen molar-refractivity contribution in [3.63, 3.8) is 0 Å². The lowest BCUT2D eigenvalue weighted by molar-refractivity contribution is -0.120. The molecule has 35 heavy (non-hydrogen) atoms. The van der Waals surface area contributed by atoms with Crippen molar-refractivity contribution in [3.8, 4) is 0 Å². The lowest BCUT2D eigenvalue weighted by Crippen LogP contribution is -2.32. The largest absolute Gasteiger partial charge is 0.350 e. The van der Waals surface area contributed by atoms with Gasteiger partial charge in [-0.05, 0) is 61.4 Å². The average molecular weight is 549 g/mol. The summed E-state index contributed by atoms with van der Waals surface area (Å²) < 4.78 is 0. The van der Waals surface area contributed by atoms with E-state index in [4.69, 9.17) is 46.4 Å². The SMILES string of the molecule is Cc1ccc(C)c(NC(=O)c2cccc(NC3=C(Cl)C(=O)N(c4cc(Cl)c(Cl)cc4Cl)C3=O)c2)c1. The van der Waals surface area contributed by atoms with Crippen molar-refractivity contribution in [3.05, 3.63) is 97.1 Å². The van der Waals surface area contributed by atoms with Gasteiger partial charge >= 0.3 is 0 Å². The maximum Gasteiger partial charge on any atom is 0.283 e. The molecule has 1 heterocycles. The lowest BCUT2D eigenvalue weighted by atomic mass is 10.1. The molecule has 178 valence electrons. The summed E-state index contributed by atoms with van der Waals surface area (Å²) in [5, 5.41) is 5.75. The van der Waals surface area contributed by atoms with E-state index in [0.717, 1.165) is 16.0 Å². The smallest absolute Gasteiger partial charge is 0.283 e. The number of hydrogen-bond donors (Lipinski definition) is 2. The summed E-state index contributed by atoms with van der Waals surface area (Å²) in [6, 6.07) is 14.9. The number of hydrogen-bond acceptors (Lipinski definition) is 4. The molecule has 3 amide bonds. The van der Waals surface area contributed by atoms with Gasteiger partial charge in [-0.15, -0.1) is 0 Å². The fourth-order valence-corrected chi connectivity index (χ4v) is 4.30. The summed E-state index contributed by atoms with van der Waals surface area (Å²) in [5.41, 5.74) is 3.25. The van der Waals surface area contributed by atoms with Gasteiger partial charge in [-0.2, -0.15) is 0 Å². The van der Waals surface area contributed by atoms with Crippen LogP contribution < -0.4 is 15.5 Å². The number of nitrogens with one attached hydrogen (secondary N) is 2. The van der Waals surface area contributed by atoms with Crippen LogP contribution in [0.5, 0.6) is 0 Å². The Hall–Kier alpha value is -3.03. The summed E-state index contributed by atoms with van der Waals surface area (Å²) >= 11 is 24.4. The Labute approximate surface area is 221 Å². The van der Waals surface area contributed by atoms with Crippen molar-refractivity contribution in [2.45, 2.75) is 13.8 Å². The summed E-state index contributed by atoms with van der Waals surface area (Å²) in [5.74, 6) is -1.84. The zero-order valence-electron chi connectivity index (χ0n) is 18.4. The van der Waals surface area contributed by atoms with Crippen LogP contribution in [0, 0.1) is 13.8 Å². The molecule has 3 aromatic rings. The van der Waals surface area contributed by atoms with Crippen molar-refractivity contribution in [2.24, 2.45) is 0 Å². The van der Waals surface area contributed by atoms with Crippen LogP contribution in [0.2, 0.25) is 15.1 Å². The molecule has 0 saturated heterocycles. The fraction of sp³-hybridized carbons (Fsp3) is 0.0800. The quantitative estimate of drug-likeness (QED) is 0.267. The number of anilines is 3. The minimum Gasteiger partial charge on any atom is -0.350 e. The highest BCUT2D eigenvalue weighted by molar-refractivity contribution is 6.54. The Morgan fingerprint density at radius 2 is 1.54 bits per heavy atom. The number of imide groups is 1. The second-order valence-corrected chi connectivity index (χ2v) is 9.43. The Morgan fingerprint density at radius 1 is 0.829 bits per heavy atom. The topological polar surface area (TPSA) is 78.5 Å². The van der Waals surface area contributed by atoms with E-state index in [1.165, 1.54) is 12.1 Å². The molecule has 0 fully saturated rings. The number of amides is 3. The highest BCUT2D eigenvalue weighted by Gasteiger charge is 2.40. The maximum absolute atomic E-state index is 13.1. The van der Waals surface area contributed by atoms with Gasteiger partial charge in [0.05, 0.1) is 20.8 Å². The van der Waals surface area contributed by atoms with Crippen LogP contribution in [-0.4, -0.2) is 17.7 Å². The third-order valence-electron chi connectivity index (χ3n) is 5.29. The van der Waals surface area contributed by atoms with E-state index in [1.54, 1.807) is 24.3 Å². The number of benzene rings is 3. The van der Waals surface area contributed by atoms with E-state index in [2.05, 4.69) is 10.6 Å². The van der Waals surface area contributed by atoms with Crippen LogP contribution in [0.4, 0.5) is 17.1 Å². The minimum absolute atomic E-state index is 0.0488. The number of rotatable bonds is 5. The van der Waals surface area contributed by atoms with Gasteiger partial charge in [-0.3, -0.25) is 14.4 Å². The van der Waals surface area contributed by atoms with Gasteiger partial charge in [-0.25, -0.2) is 4.90 Å². The zero-order valence-corrected chi connectivity index (χ0v) is 21.4. The number of nitrogens with zero attached hydrogens (tertiary/aromatic N) is 1. The predicted octanol–water partition coefficient (Wildman–Crippen LogP) is 6.95. The molecule has 0 aliphatic carbocycles. The molecule has 0 spiro atoms. The number of carbonyl (C=O) groups excluding carboxylic acids is 3. The Morgan fingerprint density at radius 3 is 2.29 bits per heavy atom. The third kappa shape index (κ3) is 5.02. The van der Waals surface area contributed by atoms with E-state index >= 15 is 0 Å².